The molecule has 0 atom stereocenters. The van der Waals surface area contributed by atoms with Crippen LogP contribution in [0.3, 0.4) is 0 Å². The number of nitrogens with one attached hydrogen (secondary N) is 1. The number of hydrogen-bond donors (Lipinski definition) is 1. The van der Waals surface area contributed by atoms with E-state index in [2.05, 4.69) is 31.9 Å². The minimum atomic E-state index is -0.506. The summed E-state index contributed by atoms with van der Waals surface area (Å²) in [7, 11) is 0. The van der Waals surface area contributed by atoms with Gasteiger partial charge in [-0.15, -0.1) is 0 Å². The molecule has 0 radical (unpaired) electrons. The van der Waals surface area contributed by atoms with Gasteiger partial charge in [0.05, 0.1) is 23.8 Å². The first kappa shape index (κ1) is 14.3. The third-order valence-electron chi connectivity index (χ3n) is 3.05. The molecule has 1 aromatic rings. The second kappa shape index (κ2) is 6.91. The van der Waals surface area contributed by atoms with Crippen LogP contribution < -0.4 is 10.2 Å². The lowest BCUT2D eigenvalue weighted by atomic mass is 10.3. The summed E-state index contributed by atoms with van der Waals surface area (Å²) in [4.78, 5) is 14.0. The van der Waals surface area contributed by atoms with Crippen LogP contribution in [-0.4, -0.2) is 43.6 Å². The molecule has 0 aromatic carbocycles. The molecule has 1 aliphatic heterocycles. The Kier molecular flexibility index (Phi) is 4.95. The normalized spacial score (nSPS) is 17.2. The summed E-state index contributed by atoms with van der Waals surface area (Å²) < 4.78 is 13.4. The molecule has 0 saturated carbocycles. The average molecular weight is 275 g/mol. The Bertz CT molecular complexity index is 515. The number of nitrogens with zero attached hydrogens (tertiary/aromatic N) is 4. The van der Waals surface area contributed by atoms with Crippen LogP contribution in [0.2, 0.25) is 0 Å². The summed E-state index contributed by atoms with van der Waals surface area (Å²) in [6.07, 6.45) is 2.80. The molecule has 1 fully saturated rings. The van der Waals surface area contributed by atoms with Crippen molar-refractivity contribution in [1.82, 2.24) is 10.3 Å². The Morgan fingerprint density at radius 2 is 2.20 bits per heavy atom. The van der Waals surface area contributed by atoms with Crippen molar-refractivity contribution in [2.24, 2.45) is 9.98 Å². The number of hydrogen-bond acceptors (Lipinski definition) is 5. The van der Waals surface area contributed by atoms with Crippen molar-refractivity contribution >= 4 is 23.9 Å². The zero-order valence-electron chi connectivity index (χ0n) is 11.5. The highest BCUT2D eigenvalue weighted by molar-refractivity contribution is 5.97. The van der Waals surface area contributed by atoms with Gasteiger partial charge in [0, 0.05) is 26.2 Å². The van der Waals surface area contributed by atoms with Crippen LogP contribution in [0.5, 0.6) is 0 Å². The minimum absolute atomic E-state index is 0.236. The van der Waals surface area contributed by atoms with E-state index in [0.717, 1.165) is 38.1 Å². The molecule has 1 saturated heterocycles. The second-order valence-electron chi connectivity index (χ2n) is 4.47. The van der Waals surface area contributed by atoms with Crippen molar-refractivity contribution < 1.29 is 4.39 Å². The van der Waals surface area contributed by atoms with Crippen LogP contribution >= 0.6 is 0 Å². The smallest absolute Gasteiger partial charge is 0.162 e. The fraction of sp³-hybridized carbons (Fsp3) is 0.357. The second-order valence-corrected chi connectivity index (χ2v) is 4.47. The van der Waals surface area contributed by atoms with Gasteiger partial charge >= 0.3 is 0 Å². The van der Waals surface area contributed by atoms with Gasteiger partial charge in [0.15, 0.2) is 11.6 Å². The molecule has 0 spiro atoms. The third kappa shape index (κ3) is 3.71. The van der Waals surface area contributed by atoms with Crippen molar-refractivity contribution in [2.45, 2.75) is 6.92 Å². The molecule has 0 bridgehead atoms. The largest absolute Gasteiger partial charge is 0.368 e. The average Bonchev–Trinajstić information content (AvgIpc) is 2.49. The Balaban J connectivity index is 2.09. The number of rotatable bonds is 4. The molecule has 0 unspecified atom stereocenters. The highest BCUT2D eigenvalue weighted by Crippen LogP contribution is 2.18. The highest BCUT2D eigenvalue weighted by atomic mass is 19.1. The van der Waals surface area contributed by atoms with E-state index in [9.17, 15) is 4.39 Å². The van der Waals surface area contributed by atoms with Gasteiger partial charge in [-0.3, -0.25) is 4.99 Å². The van der Waals surface area contributed by atoms with Crippen LogP contribution in [0, 0.1) is 0 Å². The van der Waals surface area contributed by atoms with Gasteiger partial charge in [-0.25, -0.2) is 14.4 Å². The van der Waals surface area contributed by atoms with Gasteiger partial charge in [-0.2, -0.15) is 0 Å². The van der Waals surface area contributed by atoms with E-state index in [0.29, 0.717) is 5.82 Å². The van der Waals surface area contributed by atoms with E-state index < -0.39 is 5.83 Å². The van der Waals surface area contributed by atoms with E-state index >= 15 is 0 Å². The predicted molar refractivity (Wildman–Crippen MR) is 80.8 cm³/mol. The molecule has 1 aliphatic rings. The molecular weight excluding hydrogens is 257 g/mol. The molecule has 0 aliphatic carbocycles. The molecule has 6 heteroatoms. The highest BCUT2D eigenvalue weighted by Gasteiger charge is 2.10. The molecule has 2 rings (SSSR count). The van der Waals surface area contributed by atoms with Gasteiger partial charge in [0.2, 0.25) is 0 Å². The van der Waals surface area contributed by atoms with E-state index in [-0.39, 0.29) is 5.71 Å². The van der Waals surface area contributed by atoms with Crippen molar-refractivity contribution in [3.63, 3.8) is 0 Å². The monoisotopic (exact) mass is 275 g/mol. The van der Waals surface area contributed by atoms with Crippen LogP contribution in [-0.2, 0) is 0 Å². The summed E-state index contributed by atoms with van der Waals surface area (Å²) in [6.45, 7) is 8.66. The van der Waals surface area contributed by atoms with Gasteiger partial charge < -0.3 is 10.2 Å². The van der Waals surface area contributed by atoms with Crippen LogP contribution in [0.25, 0.3) is 0 Å². The first-order valence-corrected chi connectivity index (χ1v) is 6.49. The van der Waals surface area contributed by atoms with Crippen molar-refractivity contribution in [2.75, 3.05) is 31.1 Å². The molecular formula is C14H18FN5. The maximum absolute atomic E-state index is 13.4. The fourth-order valence-electron chi connectivity index (χ4n) is 1.95. The van der Waals surface area contributed by atoms with Crippen molar-refractivity contribution in [3.8, 4) is 0 Å². The topological polar surface area (TPSA) is 52.9 Å². The summed E-state index contributed by atoms with van der Waals surface area (Å²) in [5.41, 5.74) is 1.30. The quantitative estimate of drug-likeness (QED) is 0.856. The van der Waals surface area contributed by atoms with Gasteiger partial charge in [-0.1, -0.05) is 0 Å². The number of aromatic nitrogens is 1. The third-order valence-corrected chi connectivity index (χ3v) is 3.05. The zero-order valence-corrected chi connectivity index (χ0v) is 11.5. The lowest BCUT2D eigenvalue weighted by molar-refractivity contribution is 0.589. The van der Waals surface area contributed by atoms with E-state index in [1.54, 1.807) is 19.2 Å². The predicted octanol–water partition coefficient (Wildman–Crippen LogP) is 2.10. The molecule has 5 nitrogen and oxygen atoms in total. The lowest BCUT2D eigenvalue weighted by Crippen LogP contribution is -2.43. The Morgan fingerprint density at radius 1 is 1.45 bits per heavy atom. The van der Waals surface area contributed by atoms with Crippen LogP contribution in [0.15, 0.2) is 40.3 Å². The zero-order chi connectivity index (χ0) is 14.4. The summed E-state index contributed by atoms with van der Waals surface area (Å²) in [5, 5.41) is 3.30. The van der Waals surface area contributed by atoms with E-state index in [4.69, 9.17) is 0 Å². The van der Waals surface area contributed by atoms with Crippen molar-refractivity contribution in [1.29, 1.82) is 0 Å². The molecule has 2 heterocycles. The number of piperazine rings is 1. The molecule has 1 N–H and O–H groups in total. The SMILES string of the molecule is C=N/C=C(F)\C(C)=N/c1ccc(N2CCNCC2)cn1. The molecule has 106 valence electrons. The summed E-state index contributed by atoms with van der Waals surface area (Å²) in [6, 6.07) is 3.74. The van der Waals surface area contributed by atoms with Gasteiger partial charge in [0.1, 0.15) is 0 Å². The Morgan fingerprint density at radius 3 is 2.80 bits per heavy atom. The van der Waals surface area contributed by atoms with Crippen molar-refractivity contribution in [3.05, 3.63) is 30.4 Å². The number of aliphatic imine (C=N–C) groups is 2. The maximum Gasteiger partial charge on any atom is 0.162 e. The van der Waals surface area contributed by atoms with Gasteiger partial charge in [0.25, 0.3) is 0 Å². The Labute approximate surface area is 118 Å². The Hall–Kier alpha value is -2.08. The maximum atomic E-state index is 13.4. The number of pyridine rings is 1. The standard InChI is InChI=1S/C14H18FN5/c1-11(13(15)10-16-2)19-14-4-3-12(9-18-14)20-7-5-17-6-8-20/h3-4,9-10,17H,2,5-8H2,1H3/b13-10+,19-11-. The van der Waals surface area contributed by atoms with Crippen LogP contribution in [0.1, 0.15) is 6.92 Å². The molecule has 20 heavy (non-hydrogen) atoms. The first-order chi connectivity index (χ1) is 9.70. The van der Waals surface area contributed by atoms with E-state index in [1.807, 2.05) is 6.07 Å². The van der Waals surface area contributed by atoms with E-state index in [1.165, 1.54) is 0 Å². The minimum Gasteiger partial charge on any atom is -0.368 e. The number of halogens is 1. The molecule has 1 aromatic heterocycles. The summed E-state index contributed by atoms with van der Waals surface area (Å²) in [5.74, 6) is -0.0259. The summed E-state index contributed by atoms with van der Waals surface area (Å²) >= 11 is 0. The molecule has 0 amide bonds. The number of anilines is 1. The first-order valence-electron chi connectivity index (χ1n) is 6.49. The van der Waals surface area contributed by atoms with Crippen LogP contribution in [0.4, 0.5) is 15.9 Å². The number of allylic oxidation sites excluding steroid dienone is 1. The fourth-order valence-corrected chi connectivity index (χ4v) is 1.95. The lowest BCUT2D eigenvalue weighted by Gasteiger charge is -2.29. The van der Waals surface area contributed by atoms with Gasteiger partial charge in [-0.05, 0) is 25.8 Å².